The van der Waals surface area contributed by atoms with E-state index in [4.69, 9.17) is 0 Å². The van der Waals surface area contributed by atoms with E-state index < -0.39 is 5.60 Å². The van der Waals surface area contributed by atoms with Crippen LogP contribution in [0.3, 0.4) is 0 Å². The highest BCUT2D eigenvalue weighted by Crippen LogP contribution is 2.34. The maximum Gasteiger partial charge on any atom is 0.0967 e. The van der Waals surface area contributed by atoms with Gasteiger partial charge in [0, 0.05) is 6.42 Å². The molecule has 1 aromatic heterocycles. The predicted molar refractivity (Wildman–Crippen MR) is 80.5 cm³/mol. The van der Waals surface area contributed by atoms with E-state index >= 15 is 0 Å². The van der Waals surface area contributed by atoms with Crippen LogP contribution in [-0.2, 0) is 6.42 Å². The average Bonchev–Trinajstić information content (AvgIpc) is 2.70. The summed E-state index contributed by atoms with van der Waals surface area (Å²) in [5.74, 6) is 0.754. The first-order chi connectivity index (χ1) is 9.15. The van der Waals surface area contributed by atoms with Crippen molar-refractivity contribution in [3.63, 3.8) is 0 Å². The molecule has 1 aliphatic rings. The molecule has 0 radical (unpaired) electrons. The van der Waals surface area contributed by atoms with Crippen molar-refractivity contribution in [2.75, 3.05) is 0 Å². The van der Waals surface area contributed by atoms with Gasteiger partial charge < -0.3 is 5.11 Å². The standard InChI is InChI=1S/C16H21NOS/c1-12-5-4-9-16(18,10-8-12)11-15-17-13-6-2-3-7-14(13)19-15/h2-3,6-7,12,18H,4-5,8-11H2,1H3. The second-order valence-electron chi connectivity index (χ2n) is 6.01. The zero-order valence-electron chi connectivity index (χ0n) is 11.4. The summed E-state index contributed by atoms with van der Waals surface area (Å²) in [5, 5.41) is 11.9. The summed E-state index contributed by atoms with van der Waals surface area (Å²) in [6.07, 6.45) is 6.10. The summed E-state index contributed by atoms with van der Waals surface area (Å²) in [4.78, 5) is 4.66. The van der Waals surface area contributed by atoms with Crippen LogP contribution in [0.15, 0.2) is 24.3 Å². The van der Waals surface area contributed by atoms with E-state index in [0.717, 1.165) is 48.5 Å². The number of rotatable bonds is 2. The maximum absolute atomic E-state index is 10.8. The lowest BCUT2D eigenvalue weighted by Crippen LogP contribution is -2.30. The molecule has 0 amide bonds. The van der Waals surface area contributed by atoms with Crippen LogP contribution in [0, 0.1) is 5.92 Å². The molecule has 2 atom stereocenters. The Hall–Kier alpha value is -0.930. The van der Waals surface area contributed by atoms with Crippen molar-refractivity contribution < 1.29 is 5.11 Å². The lowest BCUT2D eigenvalue weighted by molar-refractivity contribution is 0.0244. The predicted octanol–water partition coefficient (Wildman–Crippen LogP) is 4.17. The molecule has 0 spiro atoms. The second kappa shape index (κ2) is 5.22. The molecule has 0 saturated heterocycles. The topological polar surface area (TPSA) is 33.1 Å². The Morgan fingerprint density at radius 1 is 1.32 bits per heavy atom. The summed E-state index contributed by atoms with van der Waals surface area (Å²) in [5.41, 5.74) is 0.534. The van der Waals surface area contributed by atoms with E-state index in [0.29, 0.717) is 0 Å². The largest absolute Gasteiger partial charge is 0.389 e. The Morgan fingerprint density at radius 2 is 2.16 bits per heavy atom. The van der Waals surface area contributed by atoms with Gasteiger partial charge in [0.05, 0.1) is 20.8 Å². The van der Waals surface area contributed by atoms with Gasteiger partial charge in [0.1, 0.15) is 0 Å². The highest BCUT2D eigenvalue weighted by atomic mass is 32.1. The van der Waals surface area contributed by atoms with Crippen molar-refractivity contribution in [2.24, 2.45) is 5.92 Å². The molecule has 2 aromatic rings. The fraction of sp³-hybridized carbons (Fsp3) is 0.562. The lowest BCUT2D eigenvalue weighted by Gasteiger charge is -2.25. The molecule has 3 heteroatoms. The minimum atomic E-state index is -0.529. The molecule has 1 N–H and O–H groups in total. The first kappa shape index (κ1) is 13.1. The van der Waals surface area contributed by atoms with E-state index in [9.17, 15) is 5.11 Å². The Morgan fingerprint density at radius 3 is 3.00 bits per heavy atom. The molecule has 1 saturated carbocycles. The van der Waals surface area contributed by atoms with E-state index in [-0.39, 0.29) is 0 Å². The molecular weight excluding hydrogens is 254 g/mol. The lowest BCUT2D eigenvalue weighted by atomic mass is 9.91. The number of thiazole rings is 1. The van der Waals surface area contributed by atoms with Crippen molar-refractivity contribution in [1.29, 1.82) is 0 Å². The number of benzene rings is 1. The SMILES string of the molecule is CC1CCCC(O)(Cc2nc3ccccc3s2)CC1. The van der Waals surface area contributed by atoms with Gasteiger partial charge in [-0.15, -0.1) is 11.3 Å². The summed E-state index contributed by atoms with van der Waals surface area (Å²) >= 11 is 1.73. The van der Waals surface area contributed by atoms with Gasteiger partial charge in [-0.2, -0.15) is 0 Å². The smallest absolute Gasteiger partial charge is 0.0967 e. The molecule has 0 bridgehead atoms. The molecule has 0 aliphatic heterocycles. The van der Waals surface area contributed by atoms with Gasteiger partial charge >= 0.3 is 0 Å². The maximum atomic E-state index is 10.8. The molecule has 1 aromatic carbocycles. The molecule has 1 fully saturated rings. The van der Waals surface area contributed by atoms with Crippen molar-refractivity contribution in [3.8, 4) is 0 Å². The third-order valence-electron chi connectivity index (χ3n) is 4.26. The Labute approximate surface area is 118 Å². The molecular formula is C16H21NOS. The molecule has 19 heavy (non-hydrogen) atoms. The fourth-order valence-electron chi connectivity index (χ4n) is 3.02. The van der Waals surface area contributed by atoms with Crippen LogP contribution >= 0.6 is 11.3 Å². The van der Waals surface area contributed by atoms with Gasteiger partial charge in [0.2, 0.25) is 0 Å². The number of para-hydroxylation sites is 1. The summed E-state index contributed by atoms with van der Waals surface area (Å²) < 4.78 is 1.23. The van der Waals surface area contributed by atoms with Crippen molar-refractivity contribution in [2.45, 2.75) is 51.0 Å². The van der Waals surface area contributed by atoms with Gasteiger partial charge in [-0.05, 0) is 37.3 Å². The summed E-state index contributed by atoms with van der Waals surface area (Å²) in [6.45, 7) is 2.30. The first-order valence-electron chi connectivity index (χ1n) is 7.21. The molecule has 1 heterocycles. The highest BCUT2D eigenvalue weighted by Gasteiger charge is 2.31. The Bertz CT molecular complexity index is 532. The number of hydrogen-bond acceptors (Lipinski definition) is 3. The number of aliphatic hydroxyl groups is 1. The minimum Gasteiger partial charge on any atom is -0.389 e. The third-order valence-corrected chi connectivity index (χ3v) is 5.30. The number of fused-ring (bicyclic) bond motifs is 1. The molecule has 102 valence electrons. The van der Waals surface area contributed by atoms with Crippen molar-refractivity contribution >= 4 is 21.6 Å². The van der Waals surface area contributed by atoms with Gasteiger partial charge in [-0.25, -0.2) is 4.98 Å². The van der Waals surface area contributed by atoms with Gasteiger partial charge in [0.25, 0.3) is 0 Å². The fourth-order valence-corrected chi connectivity index (χ4v) is 4.12. The average molecular weight is 275 g/mol. The van der Waals surface area contributed by atoms with Crippen LogP contribution in [0.4, 0.5) is 0 Å². The van der Waals surface area contributed by atoms with Crippen LogP contribution in [0.25, 0.3) is 10.2 Å². The molecule has 1 aliphatic carbocycles. The second-order valence-corrected chi connectivity index (χ2v) is 7.13. The molecule has 2 nitrogen and oxygen atoms in total. The van der Waals surface area contributed by atoms with Crippen LogP contribution in [-0.4, -0.2) is 15.7 Å². The Kier molecular flexibility index (Phi) is 3.59. The van der Waals surface area contributed by atoms with E-state index in [1.54, 1.807) is 11.3 Å². The van der Waals surface area contributed by atoms with Crippen LogP contribution < -0.4 is 0 Å². The highest BCUT2D eigenvalue weighted by molar-refractivity contribution is 7.18. The van der Waals surface area contributed by atoms with E-state index in [1.165, 1.54) is 11.1 Å². The number of nitrogens with zero attached hydrogens (tertiary/aromatic N) is 1. The monoisotopic (exact) mass is 275 g/mol. The number of aromatic nitrogens is 1. The Balaban J connectivity index is 1.79. The van der Waals surface area contributed by atoms with Gasteiger partial charge in [0.15, 0.2) is 0 Å². The van der Waals surface area contributed by atoms with Crippen LogP contribution in [0.5, 0.6) is 0 Å². The third kappa shape index (κ3) is 2.98. The molecule has 2 unspecified atom stereocenters. The minimum absolute atomic E-state index is 0.529. The van der Waals surface area contributed by atoms with E-state index in [1.807, 2.05) is 12.1 Å². The zero-order chi connectivity index (χ0) is 13.3. The van der Waals surface area contributed by atoms with Crippen molar-refractivity contribution in [3.05, 3.63) is 29.3 Å². The van der Waals surface area contributed by atoms with Gasteiger partial charge in [-0.3, -0.25) is 0 Å². The normalized spacial score (nSPS) is 28.4. The summed E-state index contributed by atoms with van der Waals surface area (Å²) in [7, 11) is 0. The number of hydrogen-bond donors (Lipinski definition) is 1. The quantitative estimate of drug-likeness (QED) is 0.834. The van der Waals surface area contributed by atoms with E-state index in [2.05, 4.69) is 24.0 Å². The summed E-state index contributed by atoms with van der Waals surface area (Å²) in [6, 6.07) is 8.23. The van der Waals surface area contributed by atoms with Crippen molar-refractivity contribution in [1.82, 2.24) is 4.98 Å². The van der Waals surface area contributed by atoms with Crippen LogP contribution in [0.2, 0.25) is 0 Å². The zero-order valence-corrected chi connectivity index (χ0v) is 12.2. The molecule has 3 rings (SSSR count). The van der Waals surface area contributed by atoms with Crippen LogP contribution in [0.1, 0.15) is 44.0 Å². The van der Waals surface area contributed by atoms with Gasteiger partial charge in [-0.1, -0.05) is 31.9 Å². The first-order valence-corrected chi connectivity index (χ1v) is 8.03.